The second-order valence-electron chi connectivity index (χ2n) is 6.86. The van der Waals surface area contributed by atoms with E-state index in [1.54, 1.807) is 0 Å². The number of rotatable bonds is 2. The Morgan fingerprint density at radius 2 is 2.00 bits per heavy atom. The lowest BCUT2D eigenvalue weighted by atomic mass is 9.83. The topological polar surface area (TPSA) is 32.3 Å². The highest BCUT2D eigenvalue weighted by Gasteiger charge is 2.23. The van der Waals surface area contributed by atoms with E-state index < -0.39 is 0 Å². The van der Waals surface area contributed by atoms with Crippen molar-refractivity contribution in [3.05, 3.63) is 28.8 Å². The van der Waals surface area contributed by atoms with Gasteiger partial charge in [-0.1, -0.05) is 39.3 Å². The Morgan fingerprint density at radius 1 is 1.26 bits per heavy atom. The summed E-state index contributed by atoms with van der Waals surface area (Å²) in [5, 5.41) is 14.2. The third-order valence-corrected chi connectivity index (χ3v) is 4.19. The predicted octanol–water partition coefficient (Wildman–Crippen LogP) is 3.68. The monoisotopic (exact) mass is 261 g/mol. The zero-order chi connectivity index (χ0) is 14.0. The predicted molar refractivity (Wildman–Crippen MR) is 80.9 cm³/mol. The van der Waals surface area contributed by atoms with Crippen molar-refractivity contribution in [3.8, 4) is 5.75 Å². The summed E-state index contributed by atoms with van der Waals surface area (Å²) in [6.07, 6.45) is 4.75. The van der Waals surface area contributed by atoms with E-state index >= 15 is 0 Å². The van der Waals surface area contributed by atoms with Crippen LogP contribution in [-0.2, 0) is 11.8 Å². The third kappa shape index (κ3) is 3.30. The van der Waals surface area contributed by atoms with Gasteiger partial charge in [0.15, 0.2) is 0 Å². The molecule has 0 amide bonds. The van der Waals surface area contributed by atoms with Gasteiger partial charge in [-0.15, -0.1) is 0 Å². The quantitative estimate of drug-likeness (QED) is 0.851. The zero-order valence-electron chi connectivity index (χ0n) is 12.7. The molecule has 1 unspecified atom stereocenters. The van der Waals surface area contributed by atoms with Crippen LogP contribution in [0.2, 0.25) is 0 Å². The second-order valence-corrected chi connectivity index (χ2v) is 6.86. The molecular formula is C17H27NO. The molecule has 1 aliphatic rings. The smallest absolute Gasteiger partial charge is 0.122 e. The summed E-state index contributed by atoms with van der Waals surface area (Å²) in [7, 11) is 0. The number of hydrogen-bond donors (Lipinski definition) is 2. The molecule has 0 aliphatic carbocycles. The summed E-state index contributed by atoms with van der Waals surface area (Å²) in [6.45, 7) is 9.67. The fourth-order valence-electron chi connectivity index (χ4n) is 2.94. The molecule has 1 atom stereocenters. The van der Waals surface area contributed by atoms with Crippen molar-refractivity contribution < 1.29 is 5.11 Å². The maximum atomic E-state index is 10.6. The summed E-state index contributed by atoms with van der Waals surface area (Å²) < 4.78 is 0. The lowest BCUT2D eigenvalue weighted by Gasteiger charge is -2.27. The molecule has 1 fully saturated rings. The lowest BCUT2D eigenvalue weighted by Crippen LogP contribution is -2.35. The molecule has 2 nitrogen and oxygen atoms in total. The van der Waals surface area contributed by atoms with Crippen LogP contribution < -0.4 is 5.32 Å². The molecule has 0 bridgehead atoms. The normalized spacial score (nSPS) is 20.5. The van der Waals surface area contributed by atoms with E-state index in [-0.39, 0.29) is 5.41 Å². The van der Waals surface area contributed by atoms with Gasteiger partial charge in [0, 0.05) is 6.04 Å². The molecule has 1 aromatic rings. The first-order chi connectivity index (χ1) is 8.89. The van der Waals surface area contributed by atoms with E-state index in [0.29, 0.717) is 11.8 Å². The average molecular weight is 261 g/mol. The van der Waals surface area contributed by atoms with Crippen molar-refractivity contribution in [1.29, 1.82) is 0 Å². The van der Waals surface area contributed by atoms with Crippen molar-refractivity contribution in [2.45, 2.75) is 64.8 Å². The molecule has 1 aromatic carbocycles. The van der Waals surface area contributed by atoms with Gasteiger partial charge in [0.2, 0.25) is 0 Å². The summed E-state index contributed by atoms with van der Waals surface area (Å²) >= 11 is 0. The number of aryl methyl sites for hydroxylation is 1. The first-order valence-electron chi connectivity index (χ1n) is 7.45. The molecule has 0 radical (unpaired) electrons. The molecule has 19 heavy (non-hydrogen) atoms. The summed E-state index contributed by atoms with van der Waals surface area (Å²) in [6, 6.07) is 4.74. The van der Waals surface area contributed by atoms with Gasteiger partial charge in [-0.2, -0.15) is 0 Å². The number of phenols is 1. The minimum absolute atomic E-state index is 0.00741. The average Bonchev–Trinajstić information content (AvgIpc) is 2.34. The van der Waals surface area contributed by atoms with E-state index in [9.17, 15) is 5.11 Å². The number of piperidine rings is 1. The Labute approximate surface area is 117 Å². The zero-order valence-corrected chi connectivity index (χ0v) is 12.7. The maximum Gasteiger partial charge on any atom is 0.122 e. The van der Waals surface area contributed by atoms with Crippen LogP contribution in [0.1, 0.15) is 56.7 Å². The summed E-state index contributed by atoms with van der Waals surface area (Å²) in [5.74, 6) is 0.514. The molecule has 0 spiro atoms. The van der Waals surface area contributed by atoms with Crippen molar-refractivity contribution in [1.82, 2.24) is 5.32 Å². The van der Waals surface area contributed by atoms with Gasteiger partial charge in [-0.3, -0.25) is 0 Å². The highest BCUT2D eigenvalue weighted by atomic mass is 16.3. The number of phenolic OH excluding ortho intramolecular Hbond substituents is 1. The molecule has 2 rings (SSSR count). The Balaban J connectivity index is 2.28. The van der Waals surface area contributed by atoms with Crippen LogP contribution in [0.5, 0.6) is 5.75 Å². The molecule has 1 saturated heterocycles. The maximum absolute atomic E-state index is 10.6. The van der Waals surface area contributed by atoms with Crippen LogP contribution >= 0.6 is 0 Å². The first kappa shape index (κ1) is 14.4. The van der Waals surface area contributed by atoms with Crippen LogP contribution in [0.4, 0.5) is 0 Å². The Kier molecular flexibility index (Phi) is 4.19. The molecule has 2 N–H and O–H groups in total. The van der Waals surface area contributed by atoms with Gasteiger partial charge >= 0.3 is 0 Å². The Hall–Kier alpha value is -1.02. The van der Waals surface area contributed by atoms with Gasteiger partial charge in [0.25, 0.3) is 0 Å². The summed E-state index contributed by atoms with van der Waals surface area (Å²) in [5.41, 5.74) is 3.39. The van der Waals surface area contributed by atoms with Crippen LogP contribution in [0.3, 0.4) is 0 Å². The van der Waals surface area contributed by atoms with Gasteiger partial charge in [-0.25, -0.2) is 0 Å². The van der Waals surface area contributed by atoms with E-state index in [4.69, 9.17) is 0 Å². The molecule has 0 aromatic heterocycles. The van der Waals surface area contributed by atoms with Crippen LogP contribution in [0.25, 0.3) is 0 Å². The molecule has 1 heterocycles. The highest BCUT2D eigenvalue weighted by Crippen LogP contribution is 2.35. The number of benzene rings is 1. The molecule has 106 valence electrons. The molecule has 1 aliphatic heterocycles. The number of aromatic hydroxyl groups is 1. The third-order valence-electron chi connectivity index (χ3n) is 4.19. The Morgan fingerprint density at radius 3 is 2.58 bits per heavy atom. The van der Waals surface area contributed by atoms with E-state index in [2.05, 4.69) is 45.1 Å². The van der Waals surface area contributed by atoms with Crippen LogP contribution in [0, 0.1) is 6.92 Å². The van der Waals surface area contributed by atoms with E-state index in [0.717, 1.165) is 24.1 Å². The second kappa shape index (κ2) is 5.54. The van der Waals surface area contributed by atoms with Gasteiger partial charge in [0.1, 0.15) is 5.75 Å². The van der Waals surface area contributed by atoms with Crippen molar-refractivity contribution in [3.63, 3.8) is 0 Å². The minimum atomic E-state index is -0.00741. The van der Waals surface area contributed by atoms with Gasteiger partial charge in [-0.05, 0) is 54.8 Å². The van der Waals surface area contributed by atoms with Crippen molar-refractivity contribution >= 4 is 0 Å². The summed E-state index contributed by atoms with van der Waals surface area (Å²) in [4.78, 5) is 0. The Bertz CT molecular complexity index is 439. The highest BCUT2D eigenvalue weighted by molar-refractivity contribution is 5.48. The number of nitrogens with one attached hydrogen (secondary N) is 1. The fourth-order valence-corrected chi connectivity index (χ4v) is 2.94. The van der Waals surface area contributed by atoms with Crippen LogP contribution in [-0.4, -0.2) is 17.7 Å². The SMILES string of the molecule is Cc1ccc(C(C)(C)C)c(O)c1CC1CCCCN1. The number of hydrogen-bond acceptors (Lipinski definition) is 2. The molecule has 2 heteroatoms. The molecular weight excluding hydrogens is 234 g/mol. The van der Waals surface area contributed by atoms with E-state index in [1.807, 2.05) is 0 Å². The van der Waals surface area contributed by atoms with Crippen LogP contribution in [0.15, 0.2) is 12.1 Å². The lowest BCUT2D eigenvalue weighted by molar-refractivity contribution is 0.387. The van der Waals surface area contributed by atoms with E-state index in [1.165, 1.54) is 24.8 Å². The van der Waals surface area contributed by atoms with Crippen molar-refractivity contribution in [2.24, 2.45) is 0 Å². The van der Waals surface area contributed by atoms with Crippen molar-refractivity contribution in [2.75, 3.05) is 6.54 Å². The van der Waals surface area contributed by atoms with Gasteiger partial charge < -0.3 is 10.4 Å². The largest absolute Gasteiger partial charge is 0.507 e. The molecule has 0 saturated carbocycles. The minimum Gasteiger partial charge on any atom is -0.507 e. The standard InChI is InChI=1S/C17H27NO/c1-12-8-9-15(17(2,3)4)16(19)14(12)11-13-7-5-6-10-18-13/h8-9,13,18-19H,5-7,10-11H2,1-4H3. The fraction of sp³-hybridized carbons (Fsp3) is 0.647. The first-order valence-corrected chi connectivity index (χ1v) is 7.45. The van der Waals surface area contributed by atoms with Gasteiger partial charge in [0.05, 0.1) is 0 Å².